The fraction of sp³-hybridized carbons (Fsp3) is 0.261. The lowest BCUT2D eigenvalue weighted by Crippen LogP contribution is -2.37. The molecule has 1 aliphatic heterocycles. The predicted octanol–water partition coefficient (Wildman–Crippen LogP) is 4.81. The first-order chi connectivity index (χ1) is 16.1. The molecule has 170 valence electrons. The van der Waals surface area contributed by atoms with Crippen molar-refractivity contribution < 1.29 is 14.3 Å². The summed E-state index contributed by atoms with van der Waals surface area (Å²) in [6, 6.07) is 11.6. The van der Waals surface area contributed by atoms with E-state index in [1.807, 2.05) is 51.1 Å². The molecule has 7 nitrogen and oxygen atoms in total. The van der Waals surface area contributed by atoms with E-state index in [9.17, 15) is 4.79 Å². The lowest BCUT2D eigenvalue weighted by Gasteiger charge is -2.29. The fourth-order valence-corrected chi connectivity index (χ4v) is 5.79. The van der Waals surface area contributed by atoms with Gasteiger partial charge in [-0.05, 0) is 47.4 Å². The number of ether oxygens (including phenoxy) is 2. The Labute approximate surface area is 204 Å². The number of carbonyl (C=O) groups excluding carboxylic acids is 1. The van der Waals surface area contributed by atoms with E-state index < -0.39 is 0 Å². The van der Waals surface area contributed by atoms with Crippen LogP contribution in [0.3, 0.4) is 0 Å². The van der Waals surface area contributed by atoms with Crippen LogP contribution in [0.2, 0.25) is 5.02 Å². The highest BCUT2D eigenvalue weighted by atomic mass is 35.5. The Morgan fingerprint density at radius 3 is 2.58 bits per heavy atom. The van der Waals surface area contributed by atoms with Gasteiger partial charge in [-0.2, -0.15) is 0 Å². The number of methoxy groups -OCH3 is 2. The van der Waals surface area contributed by atoms with Crippen molar-refractivity contribution in [2.24, 2.45) is 0 Å². The number of thiazole rings is 1. The third-order valence-corrected chi connectivity index (χ3v) is 7.64. The molecule has 0 bridgehead atoms. The van der Waals surface area contributed by atoms with Crippen molar-refractivity contribution in [3.8, 4) is 22.8 Å². The van der Waals surface area contributed by atoms with Crippen molar-refractivity contribution in [2.45, 2.75) is 18.1 Å². The second-order valence-corrected chi connectivity index (χ2v) is 9.77. The van der Waals surface area contributed by atoms with Crippen molar-refractivity contribution in [3.05, 3.63) is 57.9 Å². The van der Waals surface area contributed by atoms with Crippen molar-refractivity contribution in [2.75, 3.05) is 26.5 Å². The number of carbonyl (C=O) groups is 1. The monoisotopic (exact) mass is 500 g/mol. The number of amides is 1. The Hall–Kier alpha value is -2.75. The molecule has 0 atom stereocenters. The maximum atomic E-state index is 13.0. The van der Waals surface area contributed by atoms with Crippen LogP contribution in [-0.2, 0) is 17.8 Å². The quantitative estimate of drug-likeness (QED) is 0.354. The molecular formula is C23H21ClN4O3S2. The minimum absolute atomic E-state index is 0.0699. The molecule has 0 fully saturated rings. The van der Waals surface area contributed by atoms with Gasteiger partial charge in [-0.25, -0.2) is 0 Å². The lowest BCUT2D eigenvalue weighted by atomic mass is 9.99. The third kappa shape index (κ3) is 4.28. The molecular weight excluding hydrogens is 480 g/mol. The normalized spacial score (nSPS) is 13.2. The molecule has 0 radical (unpaired) electrons. The summed E-state index contributed by atoms with van der Waals surface area (Å²) >= 11 is 8.96. The van der Waals surface area contributed by atoms with Crippen LogP contribution in [0.25, 0.3) is 16.2 Å². The Morgan fingerprint density at radius 2 is 1.85 bits per heavy atom. The zero-order valence-corrected chi connectivity index (χ0v) is 20.5. The summed E-state index contributed by atoms with van der Waals surface area (Å²) in [5.41, 5.74) is 4.29. The van der Waals surface area contributed by atoms with Crippen LogP contribution < -0.4 is 9.47 Å². The van der Waals surface area contributed by atoms with E-state index in [2.05, 4.69) is 10.2 Å². The zero-order valence-electron chi connectivity index (χ0n) is 18.1. The number of hydrogen-bond donors (Lipinski definition) is 0. The molecule has 5 rings (SSSR count). The fourth-order valence-electron chi connectivity index (χ4n) is 3.93. The van der Waals surface area contributed by atoms with E-state index in [1.165, 1.54) is 28.7 Å². The lowest BCUT2D eigenvalue weighted by molar-refractivity contribution is -0.129. The van der Waals surface area contributed by atoms with Gasteiger partial charge in [-0.1, -0.05) is 35.5 Å². The van der Waals surface area contributed by atoms with Gasteiger partial charge in [0.2, 0.25) is 10.9 Å². The van der Waals surface area contributed by atoms with Gasteiger partial charge in [0.1, 0.15) is 0 Å². The highest BCUT2D eigenvalue weighted by Crippen LogP contribution is 2.34. The number of halogens is 1. The standard InChI is InChI=1S/C23H21ClN4O3S2/c1-30-19-9-15-7-8-27(11-16(15)10-20(19)31-2)21(29)13-33-23-26-25-22-28(23)18(12-32-22)14-3-5-17(24)6-4-14/h3-6,9-10,12H,7-8,11,13H2,1-2H3. The predicted molar refractivity (Wildman–Crippen MR) is 131 cm³/mol. The Morgan fingerprint density at radius 1 is 1.12 bits per heavy atom. The van der Waals surface area contributed by atoms with E-state index in [1.54, 1.807) is 14.2 Å². The summed E-state index contributed by atoms with van der Waals surface area (Å²) in [7, 11) is 3.25. The summed E-state index contributed by atoms with van der Waals surface area (Å²) in [6.07, 6.45) is 0.784. The summed E-state index contributed by atoms with van der Waals surface area (Å²) in [6.45, 7) is 1.23. The smallest absolute Gasteiger partial charge is 0.233 e. The van der Waals surface area contributed by atoms with Gasteiger partial charge >= 0.3 is 0 Å². The van der Waals surface area contributed by atoms with Crippen LogP contribution in [0.15, 0.2) is 46.9 Å². The largest absolute Gasteiger partial charge is 0.493 e. The molecule has 0 unspecified atom stereocenters. The average Bonchev–Trinajstić information content (AvgIpc) is 3.44. The summed E-state index contributed by atoms with van der Waals surface area (Å²) < 4.78 is 12.8. The highest BCUT2D eigenvalue weighted by molar-refractivity contribution is 7.99. The maximum Gasteiger partial charge on any atom is 0.233 e. The van der Waals surface area contributed by atoms with E-state index in [0.29, 0.717) is 34.8 Å². The summed E-state index contributed by atoms with van der Waals surface area (Å²) in [5.74, 6) is 1.76. The van der Waals surface area contributed by atoms with E-state index >= 15 is 0 Å². The van der Waals surface area contributed by atoms with E-state index in [4.69, 9.17) is 21.1 Å². The molecule has 2 aromatic heterocycles. The maximum absolute atomic E-state index is 13.0. The summed E-state index contributed by atoms with van der Waals surface area (Å²) in [4.78, 5) is 15.7. The van der Waals surface area contributed by atoms with Gasteiger partial charge in [-0.15, -0.1) is 21.5 Å². The van der Waals surface area contributed by atoms with Crippen LogP contribution in [-0.4, -0.2) is 51.9 Å². The molecule has 33 heavy (non-hydrogen) atoms. The number of thioether (sulfide) groups is 1. The zero-order chi connectivity index (χ0) is 22.9. The van der Waals surface area contributed by atoms with Gasteiger partial charge in [0.25, 0.3) is 0 Å². The number of fused-ring (bicyclic) bond motifs is 2. The van der Waals surface area contributed by atoms with Crippen LogP contribution in [0.5, 0.6) is 11.5 Å². The average molecular weight is 501 g/mol. The van der Waals surface area contributed by atoms with Crippen molar-refractivity contribution in [3.63, 3.8) is 0 Å². The molecule has 0 spiro atoms. The molecule has 1 amide bonds. The minimum atomic E-state index is 0.0699. The second-order valence-electron chi connectivity index (χ2n) is 7.56. The molecule has 1 aliphatic rings. The topological polar surface area (TPSA) is 69.0 Å². The Kier molecular flexibility index (Phi) is 6.18. The highest BCUT2D eigenvalue weighted by Gasteiger charge is 2.24. The number of aromatic nitrogens is 3. The van der Waals surface area contributed by atoms with Crippen LogP contribution in [0.4, 0.5) is 0 Å². The molecule has 10 heteroatoms. The van der Waals surface area contributed by atoms with Gasteiger partial charge in [0, 0.05) is 23.5 Å². The number of benzene rings is 2. The molecule has 0 N–H and O–H groups in total. The Balaban J connectivity index is 1.31. The Bertz CT molecular complexity index is 1320. The van der Waals surface area contributed by atoms with Gasteiger partial charge < -0.3 is 14.4 Å². The molecule has 0 saturated carbocycles. The summed E-state index contributed by atoms with van der Waals surface area (Å²) in [5, 5.41) is 12.0. The van der Waals surface area contributed by atoms with E-state index in [-0.39, 0.29) is 5.91 Å². The molecule has 2 aromatic carbocycles. The number of nitrogens with zero attached hydrogens (tertiary/aromatic N) is 4. The van der Waals surface area contributed by atoms with E-state index in [0.717, 1.165) is 34.0 Å². The second kappa shape index (κ2) is 9.24. The first-order valence-corrected chi connectivity index (χ1v) is 12.5. The van der Waals surface area contributed by atoms with Crippen LogP contribution in [0, 0.1) is 0 Å². The van der Waals surface area contributed by atoms with Crippen molar-refractivity contribution >= 4 is 45.6 Å². The van der Waals surface area contributed by atoms with Gasteiger partial charge in [-0.3, -0.25) is 9.20 Å². The first kappa shape index (κ1) is 22.1. The molecule has 3 heterocycles. The number of rotatable bonds is 6. The van der Waals surface area contributed by atoms with Gasteiger partial charge in [0.15, 0.2) is 16.7 Å². The van der Waals surface area contributed by atoms with Crippen molar-refractivity contribution in [1.82, 2.24) is 19.5 Å². The third-order valence-electron chi connectivity index (χ3n) is 5.66. The minimum Gasteiger partial charge on any atom is -0.493 e. The number of hydrogen-bond acceptors (Lipinski definition) is 7. The van der Waals surface area contributed by atoms with Crippen molar-refractivity contribution in [1.29, 1.82) is 0 Å². The van der Waals surface area contributed by atoms with Crippen LogP contribution >= 0.6 is 34.7 Å². The molecule has 0 aliphatic carbocycles. The SMILES string of the molecule is COc1cc2c(cc1OC)CN(C(=O)CSc1nnc3scc(-c4ccc(Cl)cc4)n13)CC2. The van der Waals surface area contributed by atoms with Crippen LogP contribution in [0.1, 0.15) is 11.1 Å². The molecule has 0 saturated heterocycles. The first-order valence-electron chi connectivity index (χ1n) is 10.3. The van der Waals surface area contributed by atoms with Gasteiger partial charge in [0.05, 0.1) is 25.7 Å². The molecule has 4 aromatic rings.